The molecule has 1 aromatic carbocycles. The van der Waals surface area contributed by atoms with Gasteiger partial charge in [-0.25, -0.2) is 8.78 Å². The molecule has 0 aliphatic carbocycles. The average Bonchev–Trinajstić information content (AvgIpc) is 2.44. The van der Waals surface area contributed by atoms with Gasteiger partial charge in [0, 0.05) is 36.8 Å². The molecule has 0 bridgehead atoms. The van der Waals surface area contributed by atoms with E-state index in [-0.39, 0.29) is 17.2 Å². The minimum absolute atomic E-state index is 0.0330. The van der Waals surface area contributed by atoms with Gasteiger partial charge in [0.25, 0.3) is 0 Å². The van der Waals surface area contributed by atoms with Crippen molar-refractivity contribution in [2.24, 2.45) is 0 Å². The Morgan fingerprint density at radius 1 is 1.30 bits per heavy atom. The van der Waals surface area contributed by atoms with E-state index >= 15 is 0 Å². The van der Waals surface area contributed by atoms with Crippen LogP contribution in [0.3, 0.4) is 0 Å². The van der Waals surface area contributed by atoms with Crippen LogP contribution in [0.5, 0.6) is 0 Å². The van der Waals surface area contributed by atoms with Gasteiger partial charge in [0.2, 0.25) is 0 Å². The molecule has 1 heterocycles. The van der Waals surface area contributed by atoms with Crippen LogP contribution < -0.4 is 5.32 Å². The van der Waals surface area contributed by atoms with E-state index in [0.29, 0.717) is 18.2 Å². The zero-order valence-corrected chi connectivity index (χ0v) is 12.5. The van der Waals surface area contributed by atoms with Crippen LogP contribution in [0.2, 0.25) is 0 Å². The summed E-state index contributed by atoms with van der Waals surface area (Å²) in [6.45, 7) is 8.68. The van der Waals surface area contributed by atoms with Gasteiger partial charge >= 0.3 is 0 Å². The largest absolute Gasteiger partial charge is 0.311 e. The summed E-state index contributed by atoms with van der Waals surface area (Å²) in [7, 11) is 0. The predicted octanol–water partition coefficient (Wildman–Crippen LogP) is 3.32. The van der Waals surface area contributed by atoms with Crippen LogP contribution in [0.25, 0.3) is 0 Å². The lowest BCUT2D eigenvalue weighted by Crippen LogP contribution is -2.63. The zero-order chi connectivity index (χ0) is 14.8. The molecule has 2 nitrogen and oxygen atoms in total. The number of nitrogens with one attached hydrogen (secondary N) is 1. The Hall–Kier alpha value is -1.00. The van der Waals surface area contributed by atoms with Crippen molar-refractivity contribution in [1.82, 2.24) is 10.2 Å². The SMILES string of the molecule is CCC1(CC)CNC(C)CN1Cc1cc(F)ccc1F. The van der Waals surface area contributed by atoms with E-state index in [2.05, 4.69) is 31.0 Å². The second-order valence-corrected chi connectivity index (χ2v) is 5.83. The molecule has 2 rings (SSSR count). The average molecular weight is 282 g/mol. The molecule has 1 saturated heterocycles. The fourth-order valence-electron chi connectivity index (χ4n) is 3.11. The lowest BCUT2D eigenvalue weighted by Gasteiger charge is -2.49. The highest BCUT2D eigenvalue weighted by Gasteiger charge is 2.37. The number of rotatable bonds is 4. The highest BCUT2D eigenvalue weighted by molar-refractivity contribution is 5.19. The van der Waals surface area contributed by atoms with E-state index < -0.39 is 0 Å². The summed E-state index contributed by atoms with van der Waals surface area (Å²) in [5.41, 5.74) is 0.482. The molecule has 4 heteroatoms. The van der Waals surface area contributed by atoms with Crippen LogP contribution in [0.4, 0.5) is 8.78 Å². The van der Waals surface area contributed by atoms with Gasteiger partial charge in [0.05, 0.1) is 0 Å². The summed E-state index contributed by atoms with van der Waals surface area (Å²) >= 11 is 0. The second-order valence-electron chi connectivity index (χ2n) is 5.83. The van der Waals surface area contributed by atoms with Crippen molar-refractivity contribution in [2.75, 3.05) is 13.1 Å². The van der Waals surface area contributed by atoms with Crippen molar-refractivity contribution in [2.45, 2.75) is 51.7 Å². The first-order valence-electron chi connectivity index (χ1n) is 7.43. The quantitative estimate of drug-likeness (QED) is 0.911. The second kappa shape index (κ2) is 6.19. The van der Waals surface area contributed by atoms with Crippen LogP contribution in [0.1, 0.15) is 39.2 Å². The number of benzene rings is 1. The van der Waals surface area contributed by atoms with Crippen LogP contribution >= 0.6 is 0 Å². The summed E-state index contributed by atoms with van der Waals surface area (Å²) in [5.74, 6) is -0.693. The van der Waals surface area contributed by atoms with Gasteiger partial charge in [-0.05, 0) is 38.0 Å². The van der Waals surface area contributed by atoms with Crippen molar-refractivity contribution < 1.29 is 8.78 Å². The minimum Gasteiger partial charge on any atom is -0.311 e. The Kier molecular flexibility index (Phi) is 4.76. The Bertz CT molecular complexity index is 458. The zero-order valence-electron chi connectivity index (χ0n) is 12.5. The van der Waals surface area contributed by atoms with Gasteiger partial charge in [-0.1, -0.05) is 13.8 Å². The summed E-state index contributed by atoms with van der Waals surface area (Å²) < 4.78 is 27.2. The number of halogens is 2. The fourth-order valence-corrected chi connectivity index (χ4v) is 3.11. The number of hydrogen-bond donors (Lipinski definition) is 1. The molecule has 112 valence electrons. The monoisotopic (exact) mass is 282 g/mol. The molecule has 0 spiro atoms. The van der Waals surface area contributed by atoms with Gasteiger partial charge in [0.15, 0.2) is 0 Å². The molecular weight excluding hydrogens is 258 g/mol. The van der Waals surface area contributed by atoms with Gasteiger partial charge in [0.1, 0.15) is 11.6 Å². The minimum atomic E-state index is -0.372. The molecule has 1 aliphatic heterocycles. The number of piperazine rings is 1. The smallest absolute Gasteiger partial charge is 0.127 e. The molecule has 20 heavy (non-hydrogen) atoms. The third-order valence-corrected chi connectivity index (χ3v) is 4.63. The lowest BCUT2D eigenvalue weighted by atomic mass is 9.87. The third-order valence-electron chi connectivity index (χ3n) is 4.63. The Morgan fingerprint density at radius 2 is 2.00 bits per heavy atom. The highest BCUT2D eigenvalue weighted by atomic mass is 19.1. The molecule has 0 aromatic heterocycles. The molecule has 1 aromatic rings. The lowest BCUT2D eigenvalue weighted by molar-refractivity contribution is 0.0269. The Morgan fingerprint density at radius 3 is 2.65 bits per heavy atom. The molecule has 1 fully saturated rings. The van der Waals surface area contributed by atoms with Crippen LogP contribution in [0, 0.1) is 11.6 Å². The number of hydrogen-bond acceptors (Lipinski definition) is 2. The maximum Gasteiger partial charge on any atom is 0.127 e. The van der Waals surface area contributed by atoms with Crippen molar-refractivity contribution in [1.29, 1.82) is 0 Å². The molecule has 0 saturated carbocycles. The van der Waals surface area contributed by atoms with E-state index in [1.807, 2.05) is 0 Å². The Labute approximate surface area is 120 Å². The van der Waals surface area contributed by atoms with Crippen LogP contribution in [0.15, 0.2) is 18.2 Å². The van der Waals surface area contributed by atoms with Crippen LogP contribution in [-0.4, -0.2) is 29.6 Å². The van der Waals surface area contributed by atoms with Gasteiger partial charge in [-0.3, -0.25) is 4.90 Å². The first-order valence-corrected chi connectivity index (χ1v) is 7.43. The maximum absolute atomic E-state index is 13.9. The van der Waals surface area contributed by atoms with Crippen molar-refractivity contribution in [3.8, 4) is 0 Å². The van der Waals surface area contributed by atoms with Gasteiger partial charge < -0.3 is 5.32 Å². The van der Waals surface area contributed by atoms with E-state index in [9.17, 15) is 8.78 Å². The topological polar surface area (TPSA) is 15.3 Å². The van der Waals surface area contributed by atoms with Gasteiger partial charge in [-0.15, -0.1) is 0 Å². The molecule has 1 N–H and O–H groups in total. The number of nitrogens with zero attached hydrogens (tertiary/aromatic N) is 1. The summed E-state index contributed by atoms with van der Waals surface area (Å²) in [4.78, 5) is 2.31. The van der Waals surface area contributed by atoms with Crippen molar-refractivity contribution >= 4 is 0 Å². The first-order chi connectivity index (χ1) is 9.50. The maximum atomic E-state index is 13.9. The Balaban J connectivity index is 2.25. The van der Waals surface area contributed by atoms with E-state index in [0.717, 1.165) is 25.9 Å². The molecule has 0 radical (unpaired) electrons. The predicted molar refractivity (Wildman–Crippen MR) is 77.5 cm³/mol. The van der Waals surface area contributed by atoms with E-state index in [1.165, 1.54) is 18.2 Å². The van der Waals surface area contributed by atoms with E-state index in [4.69, 9.17) is 0 Å². The van der Waals surface area contributed by atoms with E-state index in [1.54, 1.807) is 0 Å². The summed E-state index contributed by atoms with van der Waals surface area (Å²) in [6, 6.07) is 4.08. The normalized spacial score (nSPS) is 22.9. The molecular formula is C16H24F2N2. The van der Waals surface area contributed by atoms with Gasteiger partial charge in [-0.2, -0.15) is 0 Å². The first kappa shape index (κ1) is 15.4. The summed E-state index contributed by atoms with van der Waals surface area (Å²) in [5, 5.41) is 3.51. The summed E-state index contributed by atoms with van der Waals surface area (Å²) in [6.07, 6.45) is 2.00. The third kappa shape index (κ3) is 3.01. The highest BCUT2D eigenvalue weighted by Crippen LogP contribution is 2.29. The molecule has 1 atom stereocenters. The van der Waals surface area contributed by atoms with Crippen molar-refractivity contribution in [3.05, 3.63) is 35.4 Å². The van der Waals surface area contributed by atoms with Crippen LogP contribution in [-0.2, 0) is 6.54 Å². The fraction of sp³-hybridized carbons (Fsp3) is 0.625. The molecule has 0 amide bonds. The molecule has 1 aliphatic rings. The molecule has 1 unspecified atom stereocenters. The van der Waals surface area contributed by atoms with Crippen molar-refractivity contribution in [3.63, 3.8) is 0 Å². The standard InChI is InChI=1S/C16H24F2N2/c1-4-16(5-2)11-19-12(3)9-20(16)10-13-8-14(17)6-7-15(13)18/h6-8,12,19H,4-5,9-11H2,1-3H3.